The predicted octanol–water partition coefficient (Wildman–Crippen LogP) is 2.58. The van der Waals surface area contributed by atoms with Crippen LogP contribution in [-0.4, -0.2) is 12.2 Å². The molecular formula is C13H18FNO2. The first-order valence-electron chi connectivity index (χ1n) is 5.85. The lowest BCUT2D eigenvalue weighted by molar-refractivity contribution is 0.344. The molecule has 0 aromatic heterocycles. The summed E-state index contributed by atoms with van der Waals surface area (Å²) in [6.07, 6.45) is 3.52. The lowest BCUT2D eigenvalue weighted by atomic mass is 9.87. The number of rotatable bonds is 2. The fourth-order valence-corrected chi connectivity index (χ4v) is 2.65. The Morgan fingerprint density at radius 2 is 2.00 bits per heavy atom. The second kappa shape index (κ2) is 4.18. The fourth-order valence-electron chi connectivity index (χ4n) is 2.65. The van der Waals surface area contributed by atoms with Crippen molar-refractivity contribution in [3.05, 3.63) is 23.0 Å². The van der Waals surface area contributed by atoms with Crippen LogP contribution < -0.4 is 10.5 Å². The van der Waals surface area contributed by atoms with Gasteiger partial charge in [0.25, 0.3) is 0 Å². The fraction of sp³-hybridized carbons (Fsp3) is 0.538. The standard InChI is InChI=1S/C13H18FNO2/c1-8-7-9(13(15)5-3-4-6-13)10(14)11(16)12(8)17-2/h7,16H,3-6,15H2,1-2H3. The highest BCUT2D eigenvalue weighted by Gasteiger charge is 2.35. The molecule has 3 nitrogen and oxygen atoms in total. The van der Waals surface area contributed by atoms with E-state index in [0.717, 1.165) is 25.7 Å². The van der Waals surface area contributed by atoms with E-state index in [-0.39, 0.29) is 5.75 Å². The van der Waals surface area contributed by atoms with Crippen molar-refractivity contribution in [3.63, 3.8) is 0 Å². The van der Waals surface area contributed by atoms with Crippen molar-refractivity contribution in [2.45, 2.75) is 38.1 Å². The molecule has 3 N–H and O–H groups in total. The molecule has 1 aromatic rings. The highest BCUT2D eigenvalue weighted by molar-refractivity contribution is 5.51. The van der Waals surface area contributed by atoms with E-state index in [0.29, 0.717) is 11.1 Å². The highest BCUT2D eigenvalue weighted by atomic mass is 19.1. The summed E-state index contributed by atoms with van der Waals surface area (Å²) < 4.78 is 19.1. The minimum Gasteiger partial charge on any atom is -0.502 e. The summed E-state index contributed by atoms with van der Waals surface area (Å²) in [5, 5.41) is 9.78. The number of benzene rings is 1. The molecule has 0 amide bonds. The van der Waals surface area contributed by atoms with Gasteiger partial charge >= 0.3 is 0 Å². The molecule has 1 saturated carbocycles. The zero-order chi connectivity index (χ0) is 12.6. The van der Waals surface area contributed by atoms with Gasteiger partial charge in [-0.15, -0.1) is 0 Å². The number of phenolic OH excluding ortho intramolecular Hbond substituents is 1. The van der Waals surface area contributed by atoms with Gasteiger partial charge in [-0.3, -0.25) is 0 Å². The van der Waals surface area contributed by atoms with Gasteiger partial charge in [-0.05, 0) is 31.4 Å². The smallest absolute Gasteiger partial charge is 0.194 e. The van der Waals surface area contributed by atoms with Crippen molar-refractivity contribution in [1.29, 1.82) is 0 Å². The molecule has 2 rings (SSSR count). The van der Waals surface area contributed by atoms with Crippen molar-refractivity contribution in [2.24, 2.45) is 5.73 Å². The van der Waals surface area contributed by atoms with E-state index in [9.17, 15) is 9.50 Å². The van der Waals surface area contributed by atoms with Crippen molar-refractivity contribution in [1.82, 2.24) is 0 Å². The lowest BCUT2D eigenvalue weighted by Crippen LogP contribution is -2.34. The van der Waals surface area contributed by atoms with Crippen LogP contribution in [0.25, 0.3) is 0 Å². The number of methoxy groups -OCH3 is 1. The number of halogens is 1. The molecule has 4 heteroatoms. The Morgan fingerprint density at radius 1 is 1.41 bits per heavy atom. The topological polar surface area (TPSA) is 55.5 Å². The maximum Gasteiger partial charge on any atom is 0.194 e. The molecule has 1 aliphatic rings. The molecule has 0 bridgehead atoms. The van der Waals surface area contributed by atoms with E-state index in [4.69, 9.17) is 10.5 Å². The molecule has 0 saturated heterocycles. The summed E-state index contributed by atoms with van der Waals surface area (Å²) in [6.45, 7) is 1.78. The Kier molecular flexibility index (Phi) is 3.00. The Bertz CT molecular complexity index is 440. The normalized spacial score (nSPS) is 18.4. The van der Waals surface area contributed by atoms with Gasteiger partial charge in [-0.25, -0.2) is 4.39 Å². The van der Waals surface area contributed by atoms with Crippen LogP contribution in [0.2, 0.25) is 0 Å². The van der Waals surface area contributed by atoms with Crippen LogP contribution in [0.1, 0.15) is 36.8 Å². The molecule has 0 radical (unpaired) electrons. The molecule has 0 aliphatic heterocycles. The number of nitrogens with two attached hydrogens (primary N) is 1. The Balaban J connectivity index is 2.56. The van der Waals surface area contributed by atoms with Crippen molar-refractivity contribution in [3.8, 4) is 11.5 Å². The monoisotopic (exact) mass is 239 g/mol. The van der Waals surface area contributed by atoms with Gasteiger partial charge in [0.2, 0.25) is 0 Å². The first kappa shape index (κ1) is 12.2. The summed E-state index contributed by atoms with van der Waals surface area (Å²) in [4.78, 5) is 0. The maximum absolute atomic E-state index is 14.1. The quantitative estimate of drug-likeness (QED) is 0.834. The molecule has 0 atom stereocenters. The molecule has 0 unspecified atom stereocenters. The van der Waals surface area contributed by atoms with E-state index in [1.54, 1.807) is 13.0 Å². The summed E-state index contributed by atoms with van der Waals surface area (Å²) in [5.41, 5.74) is 6.69. The maximum atomic E-state index is 14.1. The van der Waals surface area contributed by atoms with Gasteiger partial charge < -0.3 is 15.6 Å². The van der Waals surface area contributed by atoms with Crippen LogP contribution >= 0.6 is 0 Å². The summed E-state index contributed by atoms with van der Waals surface area (Å²) in [7, 11) is 1.41. The third-order valence-electron chi connectivity index (χ3n) is 3.61. The van der Waals surface area contributed by atoms with Gasteiger partial charge in [0.1, 0.15) is 0 Å². The minimum absolute atomic E-state index is 0.188. The average molecular weight is 239 g/mol. The van der Waals surface area contributed by atoms with Crippen LogP contribution in [0.3, 0.4) is 0 Å². The Hall–Kier alpha value is -1.29. The Morgan fingerprint density at radius 3 is 2.53 bits per heavy atom. The third-order valence-corrected chi connectivity index (χ3v) is 3.61. The van der Waals surface area contributed by atoms with Crippen molar-refractivity contribution >= 4 is 0 Å². The summed E-state index contributed by atoms with van der Waals surface area (Å²) in [5.74, 6) is -0.885. The van der Waals surface area contributed by atoms with Crippen LogP contribution in [0.4, 0.5) is 4.39 Å². The lowest BCUT2D eigenvalue weighted by Gasteiger charge is -2.26. The van der Waals surface area contributed by atoms with E-state index in [1.807, 2.05) is 0 Å². The minimum atomic E-state index is -0.642. The zero-order valence-electron chi connectivity index (χ0n) is 10.2. The summed E-state index contributed by atoms with van der Waals surface area (Å²) >= 11 is 0. The molecule has 1 aromatic carbocycles. The van der Waals surface area contributed by atoms with Gasteiger partial charge in [0.15, 0.2) is 17.3 Å². The molecule has 1 fully saturated rings. The first-order chi connectivity index (χ1) is 7.99. The van der Waals surface area contributed by atoms with Crippen LogP contribution in [0.5, 0.6) is 11.5 Å². The molecule has 94 valence electrons. The van der Waals surface area contributed by atoms with Crippen LogP contribution in [-0.2, 0) is 5.54 Å². The number of aromatic hydroxyl groups is 1. The molecular weight excluding hydrogens is 221 g/mol. The number of phenols is 1. The number of ether oxygens (including phenoxy) is 1. The first-order valence-corrected chi connectivity index (χ1v) is 5.85. The molecule has 0 heterocycles. The Labute approximate surface area is 100 Å². The average Bonchev–Trinajstić information content (AvgIpc) is 2.72. The van der Waals surface area contributed by atoms with Gasteiger partial charge in [-0.1, -0.05) is 12.8 Å². The molecule has 0 spiro atoms. The summed E-state index contributed by atoms with van der Waals surface area (Å²) in [6, 6.07) is 1.69. The van der Waals surface area contributed by atoms with E-state index < -0.39 is 17.1 Å². The van der Waals surface area contributed by atoms with Gasteiger partial charge in [0, 0.05) is 11.1 Å². The number of hydrogen-bond donors (Lipinski definition) is 2. The molecule has 1 aliphatic carbocycles. The predicted molar refractivity (Wildman–Crippen MR) is 63.7 cm³/mol. The van der Waals surface area contributed by atoms with Gasteiger partial charge in [0.05, 0.1) is 7.11 Å². The number of hydrogen-bond acceptors (Lipinski definition) is 3. The number of aryl methyl sites for hydroxylation is 1. The highest BCUT2D eigenvalue weighted by Crippen LogP contribution is 2.43. The van der Waals surface area contributed by atoms with Crippen LogP contribution in [0, 0.1) is 12.7 Å². The van der Waals surface area contributed by atoms with Crippen molar-refractivity contribution < 1.29 is 14.2 Å². The third kappa shape index (κ3) is 1.86. The second-order valence-corrected chi connectivity index (χ2v) is 4.80. The van der Waals surface area contributed by atoms with Crippen molar-refractivity contribution in [2.75, 3.05) is 7.11 Å². The largest absolute Gasteiger partial charge is 0.502 e. The zero-order valence-corrected chi connectivity index (χ0v) is 10.2. The van der Waals surface area contributed by atoms with E-state index in [2.05, 4.69) is 0 Å². The van der Waals surface area contributed by atoms with Gasteiger partial charge in [-0.2, -0.15) is 0 Å². The van der Waals surface area contributed by atoms with E-state index in [1.165, 1.54) is 7.11 Å². The second-order valence-electron chi connectivity index (χ2n) is 4.80. The molecule has 17 heavy (non-hydrogen) atoms. The van der Waals surface area contributed by atoms with E-state index >= 15 is 0 Å². The SMILES string of the molecule is COc1c(C)cc(C2(N)CCCC2)c(F)c1O. The van der Waals surface area contributed by atoms with Crippen LogP contribution in [0.15, 0.2) is 6.07 Å².